The third-order valence-corrected chi connectivity index (χ3v) is 2.92. The minimum absolute atomic E-state index is 1.20. The van der Waals surface area contributed by atoms with E-state index in [0.717, 1.165) is 0 Å². The molecule has 1 aromatic heterocycles. The molecule has 0 saturated heterocycles. The molecule has 1 heterocycles. The maximum Gasteiger partial charge on any atom is 0.0538 e. The van der Waals surface area contributed by atoms with Crippen LogP contribution in [0.5, 0.6) is 0 Å². The molecule has 3 aromatic rings. The van der Waals surface area contributed by atoms with Gasteiger partial charge in [0.2, 0.25) is 0 Å². The van der Waals surface area contributed by atoms with Gasteiger partial charge in [-0.15, -0.1) is 0 Å². The van der Waals surface area contributed by atoms with Crippen molar-refractivity contribution in [3.05, 3.63) is 54.1 Å². The van der Waals surface area contributed by atoms with Gasteiger partial charge in [0.15, 0.2) is 0 Å². The number of hydrogen-bond acceptors (Lipinski definition) is 0. The van der Waals surface area contributed by atoms with Gasteiger partial charge in [-0.3, -0.25) is 0 Å². The van der Waals surface area contributed by atoms with Crippen LogP contribution < -0.4 is 0 Å². The third-order valence-electron chi connectivity index (χ3n) is 2.92. The lowest BCUT2D eigenvalue weighted by atomic mass is 10.1. The van der Waals surface area contributed by atoms with Gasteiger partial charge in [-0.2, -0.15) is 0 Å². The predicted molar refractivity (Wildman–Crippen MR) is 70.5 cm³/mol. The summed E-state index contributed by atoms with van der Waals surface area (Å²) >= 11 is 0. The number of aromatic nitrogens is 1. The van der Waals surface area contributed by atoms with Gasteiger partial charge in [0.05, 0.1) is 5.52 Å². The molecule has 0 atom stereocenters. The fraction of sp³-hybridized carbons (Fsp3) is 0.0667. The van der Waals surface area contributed by atoms with Crippen molar-refractivity contribution in [3.8, 4) is 0 Å². The highest BCUT2D eigenvalue weighted by Crippen LogP contribution is 2.27. The maximum absolute atomic E-state index is 3.48. The van der Waals surface area contributed by atoms with Crippen molar-refractivity contribution >= 4 is 27.9 Å². The van der Waals surface area contributed by atoms with Gasteiger partial charge in [-0.1, -0.05) is 48.6 Å². The van der Waals surface area contributed by atoms with Crippen LogP contribution in [0, 0.1) is 0 Å². The Kier molecular flexibility index (Phi) is 2.03. The van der Waals surface area contributed by atoms with Gasteiger partial charge in [-0.25, -0.2) is 0 Å². The summed E-state index contributed by atoms with van der Waals surface area (Å²) in [6, 6.07) is 14.8. The number of benzene rings is 2. The Hall–Kier alpha value is -2.02. The molecule has 0 aliphatic carbocycles. The van der Waals surface area contributed by atoms with Crippen molar-refractivity contribution in [1.29, 1.82) is 0 Å². The highest BCUT2D eigenvalue weighted by atomic mass is 14.7. The van der Waals surface area contributed by atoms with E-state index >= 15 is 0 Å². The molecule has 1 nitrogen and oxygen atoms in total. The summed E-state index contributed by atoms with van der Waals surface area (Å²) in [7, 11) is 0. The highest BCUT2D eigenvalue weighted by Gasteiger charge is 2.04. The summed E-state index contributed by atoms with van der Waals surface area (Å²) < 4.78 is 0. The van der Waals surface area contributed by atoms with E-state index < -0.39 is 0 Å². The molecular weight excluding hydrogens is 194 g/mol. The van der Waals surface area contributed by atoms with Crippen LogP contribution in [0.15, 0.2) is 48.5 Å². The zero-order valence-corrected chi connectivity index (χ0v) is 9.20. The lowest BCUT2D eigenvalue weighted by Crippen LogP contribution is -1.74. The Labute approximate surface area is 94.4 Å². The largest absolute Gasteiger partial charge is 0.354 e. The van der Waals surface area contributed by atoms with Gasteiger partial charge >= 0.3 is 0 Å². The molecule has 0 saturated carbocycles. The summed E-state index contributed by atoms with van der Waals surface area (Å²) in [5, 5.41) is 2.59. The SMILES string of the molecule is C/C=C\c1cccc2c1[nH]c1ccccc12. The summed E-state index contributed by atoms with van der Waals surface area (Å²) in [4.78, 5) is 3.48. The number of H-pyrrole nitrogens is 1. The molecule has 78 valence electrons. The Morgan fingerprint density at radius 1 is 0.938 bits per heavy atom. The van der Waals surface area contributed by atoms with Crippen molar-refractivity contribution in [3.63, 3.8) is 0 Å². The predicted octanol–water partition coefficient (Wildman–Crippen LogP) is 4.35. The molecule has 3 rings (SSSR count). The number of aromatic amines is 1. The second-order valence-electron chi connectivity index (χ2n) is 3.94. The first kappa shape index (κ1) is 9.22. The number of para-hydroxylation sites is 2. The Morgan fingerprint density at radius 3 is 2.62 bits per heavy atom. The molecule has 0 radical (unpaired) electrons. The van der Waals surface area contributed by atoms with E-state index in [0.29, 0.717) is 0 Å². The molecule has 1 heteroatoms. The molecule has 2 aromatic carbocycles. The number of hydrogen-bond donors (Lipinski definition) is 1. The Balaban J connectivity index is 2.48. The summed E-state index contributed by atoms with van der Waals surface area (Å²) in [5.41, 5.74) is 3.67. The molecule has 0 bridgehead atoms. The fourth-order valence-corrected chi connectivity index (χ4v) is 2.21. The minimum atomic E-state index is 1.20. The molecule has 0 spiro atoms. The quantitative estimate of drug-likeness (QED) is 0.610. The van der Waals surface area contributed by atoms with Crippen LogP contribution in [0.1, 0.15) is 12.5 Å². The van der Waals surface area contributed by atoms with Crippen molar-refractivity contribution in [1.82, 2.24) is 4.98 Å². The van der Waals surface area contributed by atoms with Crippen molar-refractivity contribution < 1.29 is 0 Å². The zero-order chi connectivity index (χ0) is 11.0. The standard InChI is InChI=1S/C15H13N/c1-2-6-11-7-5-9-13-12-8-3-4-10-14(12)16-15(11)13/h2-10,16H,1H3/b6-2-. The van der Waals surface area contributed by atoms with E-state index in [1.807, 2.05) is 6.92 Å². The maximum atomic E-state index is 3.48. The van der Waals surface area contributed by atoms with E-state index in [9.17, 15) is 0 Å². The first-order chi connectivity index (χ1) is 7.90. The van der Waals surface area contributed by atoms with Crippen LogP contribution in [0.2, 0.25) is 0 Å². The van der Waals surface area contributed by atoms with Crippen LogP contribution in [-0.4, -0.2) is 4.98 Å². The molecule has 0 fully saturated rings. The van der Waals surface area contributed by atoms with E-state index in [-0.39, 0.29) is 0 Å². The monoisotopic (exact) mass is 207 g/mol. The Bertz CT molecular complexity index is 674. The lowest BCUT2D eigenvalue weighted by Gasteiger charge is -1.95. The van der Waals surface area contributed by atoms with Gasteiger partial charge in [0.25, 0.3) is 0 Å². The van der Waals surface area contributed by atoms with Crippen molar-refractivity contribution in [2.75, 3.05) is 0 Å². The molecule has 0 aliphatic rings. The number of allylic oxidation sites excluding steroid dienone is 1. The second kappa shape index (κ2) is 3.53. The van der Waals surface area contributed by atoms with Crippen LogP contribution in [0.4, 0.5) is 0 Å². The van der Waals surface area contributed by atoms with E-state index in [2.05, 4.69) is 59.6 Å². The van der Waals surface area contributed by atoms with Crippen molar-refractivity contribution in [2.45, 2.75) is 6.92 Å². The summed E-state index contributed by atoms with van der Waals surface area (Å²) in [6.45, 7) is 2.04. The van der Waals surface area contributed by atoms with Crippen LogP contribution in [0.3, 0.4) is 0 Å². The first-order valence-electron chi connectivity index (χ1n) is 5.52. The molecule has 0 amide bonds. The van der Waals surface area contributed by atoms with Gasteiger partial charge in [0.1, 0.15) is 0 Å². The van der Waals surface area contributed by atoms with Gasteiger partial charge < -0.3 is 4.98 Å². The second-order valence-corrected chi connectivity index (χ2v) is 3.94. The Morgan fingerprint density at radius 2 is 1.75 bits per heavy atom. The van der Waals surface area contributed by atoms with Crippen LogP contribution in [0.25, 0.3) is 27.9 Å². The summed E-state index contributed by atoms with van der Waals surface area (Å²) in [5.74, 6) is 0. The number of rotatable bonds is 1. The van der Waals surface area contributed by atoms with Crippen LogP contribution in [-0.2, 0) is 0 Å². The highest BCUT2D eigenvalue weighted by molar-refractivity contribution is 6.09. The molecular formula is C15H13N. The molecule has 0 unspecified atom stereocenters. The third kappa shape index (κ3) is 1.25. The molecule has 16 heavy (non-hydrogen) atoms. The van der Waals surface area contributed by atoms with E-state index in [1.165, 1.54) is 27.4 Å². The minimum Gasteiger partial charge on any atom is -0.354 e. The van der Waals surface area contributed by atoms with Gasteiger partial charge in [0, 0.05) is 16.3 Å². The molecule has 1 N–H and O–H groups in total. The number of nitrogens with one attached hydrogen (secondary N) is 1. The number of fused-ring (bicyclic) bond motifs is 3. The summed E-state index contributed by atoms with van der Waals surface area (Å²) in [6.07, 6.45) is 4.21. The topological polar surface area (TPSA) is 15.8 Å². The smallest absolute Gasteiger partial charge is 0.0538 e. The molecule has 0 aliphatic heterocycles. The normalized spacial score (nSPS) is 11.8. The fourth-order valence-electron chi connectivity index (χ4n) is 2.21. The lowest BCUT2D eigenvalue weighted by molar-refractivity contribution is 1.53. The zero-order valence-electron chi connectivity index (χ0n) is 9.20. The van der Waals surface area contributed by atoms with Crippen molar-refractivity contribution in [2.24, 2.45) is 0 Å². The van der Waals surface area contributed by atoms with Crippen LogP contribution >= 0.6 is 0 Å². The van der Waals surface area contributed by atoms with E-state index in [1.54, 1.807) is 0 Å². The van der Waals surface area contributed by atoms with Gasteiger partial charge in [-0.05, 0) is 18.6 Å². The average Bonchev–Trinajstić information content (AvgIpc) is 2.69. The average molecular weight is 207 g/mol. The van der Waals surface area contributed by atoms with E-state index in [4.69, 9.17) is 0 Å². The first-order valence-corrected chi connectivity index (χ1v) is 5.52.